The largest absolute Gasteiger partial charge is 0.508 e. The molecular weight excluding hydrogens is 272 g/mol. The first-order chi connectivity index (χ1) is 10.6. The van der Waals surface area contributed by atoms with Crippen LogP contribution in [-0.4, -0.2) is 36.2 Å². The summed E-state index contributed by atoms with van der Waals surface area (Å²) in [5, 5.41) is 9.38. The van der Waals surface area contributed by atoms with E-state index in [1.165, 1.54) is 22.4 Å². The SMILES string of the molecule is Cc1cc(C)cc(CN2CCN(c3ccc(O)cc3)CC2)c1. The van der Waals surface area contributed by atoms with Gasteiger partial charge in [0.25, 0.3) is 0 Å². The Morgan fingerprint density at radius 2 is 1.45 bits per heavy atom. The molecule has 0 spiro atoms. The molecule has 0 bridgehead atoms. The van der Waals surface area contributed by atoms with Crippen LogP contribution in [-0.2, 0) is 6.54 Å². The summed E-state index contributed by atoms with van der Waals surface area (Å²) in [5.74, 6) is 0.331. The predicted octanol–water partition coefficient (Wildman–Crippen LogP) is 3.33. The number of rotatable bonds is 3. The lowest BCUT2D eigenvalue weighted by atomic mass is 10.1. The summed E-state index contributed by atoms with van der Waals surface area (Å²) in [4.78, 5) is 4.91. The van der Waals surface area contributed by atoms with Crippen molar-refractivity contribution in [3.05, 3.63) is 59.2 Å². The molecule has 0 aromatic heterocycles. The third-order valence-corrected chi connectivity index (χ3v) is 4.27. The summed E-state index contributed by atoms with van der Waals surface area (Å²) < 4.78 is 0. The highest BCUT2D eigenvalue weighted by molar-refractivity contribution is 5.49. The Labute approximate surface area is 132 Å². The fourth-order valence-corrected chi connectivity index (χ4v) is 3.25. The first-order valence-corrected chi connectivity index (χ1v) is 7.94. The Bertz CT molecular complexity index is 608. The Balaban J connectivity index is 1.58. The number of aryl methyl sites for hydroxylation is 2. The minimum atomic E-state index is 0.331. The smallest absolute Gasteiger partial charge is 0.115 e. The van der Waals surface area contributed by atoms with Gasteiger partial charge >= 0.3 is 0 Å². The third kappa shape index (κ3) is 3.60. The molecule has 1 aliphatic heterocycles. The number of phenols is 1. The lowest BCUT2D eigenvalue weighted by Gasteiger charge is -2.36. The Morgan fingerprint density at radius 1 is 0.864 bits per heavy atom. The van der Waals surface area contributed by atoms with Crippen LogP contribution in [0.15, 0.2) is 42.5 Å². The average Bonchev–Trinajstić information content (AvgIpc) is 2.48. The van der Waals surface area contributed by atoms with Gasteiger partial charge in [0.2, 0.25) is 0 Å². The number of piperazine rings is 1. The van der Waals surface area contributed by atoms with Crippen molar-refractivity contribution in [1.29, 1.82) is 0 Å². The van der Waals surface area contributed by atoms with Crippen molar-refractivity contribution < 1.29 is 5.11 Å². The molecule has 2 aromatic rings. The molecule has 0 saturated carbocycles. The van der Waals surface area contributed by atoms with E-state index in [4.69, 9.17) is 0 Å². The number of anilines is 1. The number of hydrogen-bond donors (Lipinski definition) is 1. The topological polar surface area (TPSA) is 26.7 Å². The minimum Gasteiger partial charge on any atom is -0.508 e. The lowest BCUT2D eigenvalue weighted by Crippen LogP contribution is -2.45. The van der Waals surface area contributed by atoms with Gasteiger partial charge in [0.05, 0.1) is 0 Å². The molecule has 0 aliphatic carbocycles. The van der Waals surface area contributed by atoms with Gasteiger partial charge in [-0.15, -0.1) is 0 Å². The van der Waals surface area contributed by atoms with Gasteiger partial charge < -0.3 is 10.0 Å². The van der Waals surface area contributed by atoms with Gasteiger partial charge in [-0.25, -0.2) is 0 Å². The van der Waals surface area contributed by atoms with Crippen molar-refractivity contribution in [3.63, 3.8) is 0 Å². The van der Waals surface area contributed by atoms with E-state index in [0.29, 0.717) is 5.75 Å². The summed E-state index contributed by atoms with van der Waals surface area (Å²) >= 11 is 0. The third-order valence-electron chi connectivity index (χ3n) is 4.27. The van der Waals surface area contributed by atoms with Gasteiger partial charge in [-0.05, 0) is 43.7 Å². The highest BCUT2D eigenvalue weighted by atomic mass is 16.3. The maximum atomic E-state index is 9.38. The molecule has 116 valence electrons. The van der Waals surface area contributed by atoms with E-state index in [9.17, 15) is 5.11 Å². The maximum absolute atomic E-state index is 9.38. The fourth-order valence-electron chi connectivity index (χ4n) is 3.25. The zero-order valence-corrected chi connectivity index (χ0v) is 13.4. The van der Waals surface area contributed by atoms with Crippen molar-refractivity contribution in [2.75, 3.05) is 31.1 Å². The molecule has 1 N–H and O–H groups in total. The highest BCUT2D eigenvalue weighted by Crippen LogP contribution is 2.20. The van der Waals surface area contributed by atoms with E-state index in [2.05, 4.69) is 41.8 Å². The molecule has 0 unspecified atom stereocenters. The monoisotopic (exact) mass is 296 g/mol. The fraction of sp³-hybridized carbons (Fsp3) is 0.368. The Hall–Kier alpha value is -2.00. The first kappa shape index (κ1) is 14.9. The van der Waals surface area contributed by atoms with Gasteiger partial charge in [0.1, 0.15) is 5.75 Å². The molecule has 1 fully saturated rings. The lowest BCUT2D eigenvalue weighted by molar-refractivity contribution is 0.250. The zero-order valence-electron chi connectivity index (χ0n) is 13.4. The van der Waals surface area contributed by atoms with Gasteiger partial charge in [-0.2, -0.15) is 0 Å². The van der Waals surface area contributed by atoms with Crippen LogP contribution in [0.5, 0.6) is 5.75 Å². The molecule has 1 heterocycles. The second kappa shape index (κ2) is 6.41. The molecule has 1 saturated heterocycles. The highest BCUT2D eigenvalue weighted by Gasteiger charge is 2.17. The molecule has 22 heavy (non-hydrogen) atoms. The summed E-state index contributed by atoms with van der Waals surface area (Å²) in [6, 6.07) is 14.3. The molecule has 0 amide bonds. The van der Waals surface area contributed by atoms with Crippen molar-refractivity contribution in [2.45, 2.75) is 20.4 Å². The minimum absolute atomic E-state index is 0.331. The quantitative estimate of drug-likeness (QED) is 0.941. The molecule has 0 atom stereocenters. The van der Waals surface area contributed by atoms with Crippen molar-refractivity contribution in [1.82, 2.24) is 4.90 Å². The van der Waals surface area contributed by atoms with Crippen molar-refractivity contribution in [2.24, 2.45) is 0 Å². The molecular formula is C19H24N2O. The van der Waals surface area contributed by atoms with Gasteiger partial charge in [-0.1, -0.05) is 29.3 Å². The summed E-state index contributed by atoms with van der Waals surface area (Å²) in [6.07, 6.45) is 0. The Morgan fingerprint density at radius 3 is 2.05 bits per heavy atom. The van der Waals surface area contributed by atoms with Crippen LogP contribution in [0.1, 0.15) is 16.7 Å². The summed E-state index contributed by atoms with van der Waals surface area (Å²) in [6.45, 7) is 9.59. The van der Waals surface area contributed by atoms with E-state index in [-0.39, 0.29) is 0 Å². The van der Waals surface area contributed by atoms with Crippen LogP contribution in [0, 0.1) is 13.8 Å². The summed E-state index contributed by atoms with van der Waals surface area (Å²) in [5.41, 5.74) is 5.30. The van der Waals surface area contributed by atoms with E-state index in [1.807, 2.05) is 12.1 Å². The van der Waals surface area contributed by atoms with E-state index in [1.54, 1.807) is 12.1 Å². The average molecular weight is 296 g/mol. The molecule has 1 aliphatic rings. The van der Waals surface area contributed by atoms with Crippen LogP contribution < -0.4 is 4.90 Å². The Kier molecular flexibility index (Phi) is 4.34. The van der Waals surface area contributed by atoms with E-state index >= 15 is 0 Å². The van der Waals surface area contributed by atoms with Crippen molar-refractivity contribution >= 4 is 5.69 Å². The van der Waals surface area contributed by atoms with Crippen LogP contribution in [0.3, 0.4) is 0 Å². The van der Waals surface area contributed by atoms with Gasteiger partial charge in [0.15, 0.2) is 0 Å². The molecule has 0 radical (unpaired) electrons. The van der Waals surface area contributed by atoms with Crippen LogP contribution in [0.25, 0.3) is 0 Å². The molecule has 3 rings (SSSR count). The molecule has 3 nitrogen and oxygen atoms in total. The first-order valence-electron chi connectivity index (χ1n) is 7.94. The zero-order chi connectivity index (χ0) is 15.5. The predicted molar refractivity (Wildman–Crippen MR) is 91.5 cm³/mol. The number of phenolic OH excluding ortho intramolecular Hbond substituents is 1. The number of benzene rings is 2. The van der Waals surface area contributed by atoms with E-state index < -0.39 is 0 Å². The van der Waals surface area contributed by atoms with E-state index in [0.717, 1.165) is 32.7 Å². The van der Waals surface area contributed by atoms with Crippen molar-refractivity contribution in [3.8, 4) is 5.75 Å². The standard InChI is InChI=1S/C19H24N2O/c1-15-11-16(2)13-17(12-15)14-20-7-9-21(10-8-20)18-3-5-19(22)6-4-18/h3-6,11-13,22H,7-10,14H2,1-2H3. The summed E-state index contributed by atoms with van der Waals surface area (Å²) in [7, 11) is 0. The second-order valence-corrected chi connectivity index (χ2v) is 6.28. The molecule has 2 aromatic carbocycles. The van der Waals surface area contributed by atoms with Crippen LogP contribution >= 0.6 is 0 Å². The van der Waals surface area contributed by atoms with Crippen LogP contribution in [0.2, 0.25) is 0 Å². The number of hydrogen-bond acceptors (Lipinski definition) is 3. The maximum Gasteiger partial charge on any atom is 0.115 e. The second-order valence-electron chi connectivity index (χ2n) is 6.28. The van der Waals surface area contributed by atoms with Gasteiger partial charge in [-0.3, -0.25) is 4.90 Å². The van der Waals surface area contributed by atoms with Gasteiger partial charge in [0, 0.05) is 38.4 Å². The normalized spacial score (nSPS) is 16.0. The molecule has 3 heteroatoms. The number of aromatic hydroxyl groups is 1. The van der Waals surface area contributed by atoms with Crippen LogP contribution in [0.4, 0.5) is 5.69 Å². The number of nitrogens with zero attached hydrogens (tertiary/aromatic N) is 2.